The van der Waals surface area contributed by atoms with Crippen LogP contribution < -0.4 is 4.90 Å². The Hall–Kier alpha value is -1.33. The number of Topliss-reactive ketones (excluding diaryl/α,β-unsaturated/α-hetero) is 1. The maximum Gasteiger partial charge on any atom is 0.196 e. The number of rotatable bonds is 3. The topological polar surface area (TPSA) is 62.9 Å². The van der Waals surface area contributed by atoms with E-state index in [1.165, 1.54) is 6.92 Å². The first-order valence-electron chi connectivity index (χ1n) is 5.71. The van der Waals surface area contributed by atoms with Crippen LogP contribution in [-0.4, -0.2) is 42.8 Å². The van der Waals surface area contributed by atoms with Crippen LogP contribution in [0.4, 0.5) is 5.88 Å². The van der Waals surface area contributed by atoms with Gasteiger partial charge in [0.2, 0.25) is 0 Å². The van der Waals surface area contributed by atoms with E-state index in [0.29, 0.717) is 24.8 Å². The number of aliphatic hydroxyl groups excluding tert-OH is 1. The van der Waals surface area contributed by atoms with Crippen LogP contribution in [0.15, 0.2) is 16.5 Å². The second-order valence-electron chi connectivity index (χ2n) is 4.33. The van der Waals surface area contributed by atoms with Gasteiger partial charge in [0.25, 0.3) is 0 Å². The van der Waals surface area contributed by atoms with Gasteiger partial charge in [0.1, 0.15) is 0 Å². The van der Waals surface area contributed by atoms with Crippen LogP contribution in [0, 0.1) is 0 Å². The first kappa shape index (κ1) is 12.1. The summed E-state index contributed by atoms with van der Waals surface area (Å²) >= 11 is 0. The molecule has 1 saturated heterocycles. The standard InChI is InChI=1S/C12H17NO4/c1-8-7-16-10(6-14)5-13(8)12-4-3-11(17-12)9(2)15/h3-4,8,10,14H,5-7H2,1-2H3. The largest absolute Gasteiger partial charge is 0.437 e. The summed E-state index contributed by atoms with van der Waals surface area (Å²) in [5.74, 6) is 0.930. The minimum absolute atomic E-state index is 0.0104. The Balaban J connectivity index is 2.15. The number of hydrogen-bond acceptors (Lipinski definition) is 5. The van der Waals surface area contributed by atoms with Crippen molar-refractivity contribution in [3.63, 3.8) is 0 Å². The van der Waals surface area contributed by atoms with Gasteiger partial charge in [-0.25, -0.2) is 0 Å². The average Bonchev–Trinajstić information content (AvgIpc) is 2.79. The molecule has 2 heterocycles. The molecule has 5 nitrogen and oxygen atoms in total. The molecular formula is C12H17NO4. The van der Waals surface area contributed by atoms with Gasteiger partial charge in [-0.2, -0.15) is 0 Å². The molecule has 0 aromatic carbocycles. The molecule has 0 aliphatic carbocycles. The van der Waals surface area contributed by atoms with Crippen LogP contribution in [0.1, 0.15) is 24.4 Å². The van der Waals surface area contributed by atoms with Crippen LogP contribution in [0.2, 0.25) is 0 Å². The molecule has 2 unspecified atom stereocenters. The quantitative estimate of drug-likeness (QED) is 0.799. The van der Waals surface area contributed by atoms with E-state index >= 15 is 0 Å². The number of hydrogen-bond donors (Lipinski definition) is 1. The predicted molar refractivity (Wildman–Crippen MR) is 62.3 cm³/mol. The van der Waals surface area contributed by atoms with Crippen molar-refractivity contribution >= 4 is 11.7 Å². The van der Waals surface area contributed by atoms with Gasteiger partial charge in [0, 0.05) is 19.5 Å². The number of nitrogens with zero attached hydrogens (tertiary/aromatic N) is 1. The summed E-state index contributed by atoms with van der Waals surface area (Å²) in [4.78, 5) is 13.2. The van der Waals surface area contributed by atoms with Crippen molar-refractivity contribution in [1.82, 2.24) is 0 Å². The molecule has 1 aromatic heterocycles. The normalized spacial score (nSPS) is 25.0. The Kier molecular flexibility index (Phi) is 3.49. The predicted octanol–water partition coefficient (Wildman–Crippen LogP) is 1.07. The van der Waals surface area contributed by atoms with Crippen molar-refractivity contribution in [1.29, 1.82) is 0 Å². The minimum atomic E-state index is -0.197. The van der Waals surface area contributed by atoms with Gasteiger partial charge in [-0.3, -0.25) is 4.79 Å². The zero-order chi connectivity index (χ0) is 12.4. The van der Waals surface area contributed by atoms with Gasteiger partial charge in [-0.15, -0.1) is 0 Å². The first-order chi connectivity index (χ1) is 8.11. The molecule has 0 spiro atoms. The van der Waals surface area contributed by atoms with Crippen LogP contribution in [0.25, 0.3) is 0 Å². The van der Waals surface area contributed by atoms with Gasteiger partial charge in [0.15, 0.2) is 17.4 Å². The van der Waals surface area contributed by atoms with E-state index in [9.17, 15) is 4.79 Å². The van der Waals surface area contributed by atoms with Crippen molar-refractivity contribution in [2.75, 3.05) is 24.7 Å². The molecule has 2 atom stereocenters. The highest BCUT2D eigenvalue weighted by Gasteiger charge is 2.27. The van der Waals surface area contributed by atoms with Crippen LogP contribution >= 0.6 is 0 Å². The lowest BCUT2D eigenvalue weighted by atomic mass is 10.2. The Morgan fingerprint density at radius 2 is 2.35 bits per heavy atom. The Labute approximate surface area is 100.0 Å². The minimum Gasteiger partial charge on any atom is -0.437 e. The van der Waals surface area contributed by atoms with E-state index < -0.39 is 0 Å². The van der Waals surface area contributed by atoms with Crippen LogP contribution in [-0.2, 0) is 4.74 Å². The van der Waals surface area contributed by atoms with E-state index in [4.69, 9.17) is 14.3 Å². The summed E-state index contributed by atoms with van der Waals surface area (Å²) in [6.45, 7) is 4.60. The monoisotopic (exact) mass is 239 g/mol. The third-order valence-corrected chi connectivity index (χ3v) is 2.93. The number of aliphatic hydroxyl groups is 1. The molecule has 2 rings (SSSR count). The lowest BCUT2D eigenvalue weighted by Crippen LogP contribution is -2.49. The number of morpholine rings is 1. The number of ketones is 1. The summed E-state index contributed by atoms with van der Waals surface area (Å²) in [7, 11) is 0. The van der Waals surface area contributed by atoms with Crippen molar-refractivity contribution in [2.45, 2.75) is 26.0 Å². The number of carbonyl (C=O) groups is 1. The van der Waals surface area contributed by atoms with E-state index in [2.05, 4.69) is 0 Å². The number of ether oxygens (including phenoxy) is 1. The van der Waals surface area contributed by atoms with Crippen molar-refractivity contribution in [3.8, 4) is 0 Å². The molecular weight excluding hydrogens is 222 g/mol. The molecule has 0 bridgehead atoms. The Bertz CT molecular complexity index is 401. The molecule has 0 amide bonds. The maximum atomic E-state index is 11.2. The third kappa shape index (κ3) is 2.50. The first-order valence-corrected chi connectivity index (χ1v) is 5.71. The van der Waals surface area contributed by atoms with Gasteiger partial charge in [0.05, 0.1) is 25.4 Å². The summed E-state index contributed by atoms with van der Waals surface area (Å²) in [5, 5.41) is 9.10. The fraction of sp³-hybridized carbons (Fsp3) is 0.583. The van der Waals surface area contributed by atoms with Crippen LogP contribution in [0.5, 0.6) is 0 Å². The van der Waals surface area contributed by atoms with Gasteiger partial charge >= 0.3 is 0 Å². The number of furan rings is 1. The van der Waals surface area contributed by atoms with E-state index in [1.807, 2.05) is 11.8 Å². The van der Waals surface area contributed by atoms with Crippen molar-refractivity contribution < 1.29 is 19.1 Å². The highest BCUT2D eigenvalue weighted by molar-refractivity contribution is 5.91. The van der Waals surface area contributed by atoms with E-state index in [1.54, 1.807) is 12.1 Å². The second-order valence-corrected chi connectivity index (χ2v) is 4.33. The Morgan fingerprint density at radius 3 is 2.94 bits per heavy atom. The fourth-order valence-electron chi connectivity index (χ4n) is 1.91. The van der Waals surface area contributed by atoms with E-state index in [-0.39, 0.29) is 24.5 Å². The zero-order valence-electron chi connectivity index (χ0n) is 10.0. The number of anilines is 1. The summed E-state index contributed by atoms with van der Waals surface area (Å²) < 4.78 is 10.9. The van der Waals surface area contributed by atoms with E-state index in [0.717, 1.165) is 0 Å². The molecule has 0 saturated carbocycles. The average molecular weight is 239 g/mol. The zero-order valence-corrected chi connectivity index (χ0v) is 10.0. The third-order valence-electron chi connectivity index (χ3n) is 2.93. The number of carbonyl (C=O) groups excluding carboxylic acids is 1. The molecule has 0 radical (unpaired) electrons. The lowest BCUT2D eigenvalue weighted by molar-refractivity contribution is -0.0115. The SMILES string of the molecule is CC(=O)c1ccc(N2CC(CO)OCC2C)o1. The highest BCUT2D eigenvalue weighted by Crippen LogP contribution is 2.24. The molecule has 1 aliphatic heterocycles. The second kappa shape index (κ2) is 4.89. The highest BCUT2D eigenvalue weighted by atomic mass is 16.5. The lowest BCUT2D eigenvalue weighted by Gasteiger charge is -2.37. The summed E-state index contributed by atoms with van der Waals surface area (Å²) in [6, 6.07) is 3.63. The molecule has 1 fully saturated rings. The van der Waals surface area contributed by atoms with Gasteiger partial charge in [-0.1, -0.05) is 0 Å². The molecule has 1 aromatic rings. The van der Waals surface area contributed by atoms with Crippen LogP contribution in [0.3, 0.4) is 0 Å². The fourth-order valence-corrected chi connectivity index (χ4v) is 1.91. The summed E-state index contributed by atoms with van der Waals surface area (Å²) in [5.41, 5.74) is 0. The van der Waals surface area contributed by atoms with Crippen molar-refractivity contribution in [3.05, 3.63) is 17.9 Å². The molecule has 5 heteroatoms. The smallest absolute Gasteiger partial charge is 0.196 e. The summed E-state index contributed by atoms with van der Waals surface area (Å²) in [6.07, 6.45) is -0.197. The van der Waals surface area contributed by atoms with Gasteiger partial charge < -0.3 is 19.2 Å². The van der Waals surface area contributed by atoms with Gasteiger partial charge in [-0.05, 0) is 13.0 Å². The molecule has 1 aliphatic rings. The molecule has 94 valence electrons. The maximum absolute atomic E-state index is 11.2. The Morgan fingerprint density at radius 1 is 1.59 bits per heavy atom. The molecule has 1 N–H and O–H groups in total. The van der Waals surface area contributed by atoms with Crippen molar-refractivity contribution in [2.24, 2.45) is 0 Å². The molecule has 17 heavy (non-hydrogen) atoms.